The van der Waals surface area contributed by atoms with Gasteiger partial charge < -0.3 is 10.0 Å². The van der Waals surface area contributed by atoms with E-state index >= 15 is 0 Å². The van der Waals surface area contributed by atoms with Crippen LogP contribution in [0, 0.1) is 0 Å². The zero-order valence-electron chi connectivity index (χ0n) is 10.4. The highest BCUT2D eigenvalue weighted by atomic mass is 16.4. The average Bonchev–Trinajstić information content (AvgIpc) is 2.58. The Kier molecular flexibility index (Phi) is 3.36. The van der Waals surface area contributed by atoms with Crippen LogP contribution < -0.4 is 0 Å². The summed E-state index contributed by atoms with van der Waals surface area (Å²) in [6.07, 6.45) is 3.71. The van der Waals surface area contributed by atoms with Crippen molar-refractivity contribution in [3.63, 3.8) is 0 Å². The van der Waals surface area contributed by atoms with Gasteiger partial charge in [-0.05, 0) is 36.8 Å². The number of carboxylic acids is 1. The molecule has 0 saturated carbocycles. The van der Waals surface area contributed by atoms with Gasteiger partial charge in [0.15, 0.2) is 5.54 Å². The number of benzene rings is 1. The van der Waals surface area contributed by atoms with Crippen LogP contribution in [-0.4, -0.2) is 29.4 Å². The van der Waals surface area contributed by atoms with Crippen LogP contribution in [-0.2, 0) is 21.5 Å². The fourth-order valence-electron chi connectivity index (χ4n) is 2.80. The Morgan fingerprint density at radius 1 is 1.39 bits per heavy atom. The molecule has 4 nitrogen and oxygen atoms in total. The standard InChI is InChI=1S/C14H17NO3/c1-15(10-16)14(13(17)18)9-5-4-7-11-6-2-3-8-12(11)14/h2-3,6,8,10H,4-5,7,9H2,1H3,(H,17,18). The van der Waals surface area contributed by atoms with Gasteiger partial charge in [0, 0.05) is 7.05 Å². The summed E-state index contributed by atoms with van der Waals surface area (Å²) in [5.41, 5.74) is 0.574. The lowest BCUT2D eigenvalue weighted by Gasteiger charge is -2.36. The van der Waals surface area contributed by atoms with Crippen LogP contribution in [0.4, 0.5) is 0 Å². The number of hydrogen-bond acceptors (Lipinski definition) is 2. The number of fused-ring (bicyclic) bond motifs is 1. The van der Waals surface area contributed by atoms with Gasteiger partial charge in [-0.1, -0.05) is 24.3 Å². The molecule has 1 atom stereocenters. The molecule has 1 aliphatic rings. The van der Waals surface area contributed by atoms with E-state index in [1.54, 1.807) is 7.05 Å². The van der Waals surface area contributed by atoms with E-state index in [1.165, 1.54) is 4.90 Å². The quantitative estimate of drug-likeness (QED) is 0.654. The fraction of sp³-hybridized carbons (Fsp3) is 0.429. The molecule has 0 aliphatic heterocycles. The first-order valence-electron chi connectivity index (χ1n) is 6.13. The van der Waals surface area contributed by atoms with E-state index in [-0.39, 0.29) is 0 Å². The number of hydrogen-bond donors (Lipinski definition) is 1. The van der Waals surface area contributed by atoms with Crippen LogP contribution in [0.3, 0.4) is 0 Å². The molecule has 1 aromatic carbocycles. The number of aliphatic carboxylic acids is 1. The summed E-state index contributed by atoms with van der Waals surface area (Å²) in [7, 11) is 1.54. The summed E-state index contributed by atoms with van der Waals surface area (Å²) in [5, 5.41) is 9.66. The van der Waals surface area contributed by atoms with Crippen molar-refractivity contribution in [1.29, 1.82) is 0 Å². The van der Waals surface area contributed by atoms with E-state index < -0.39 is 11.5 Å². The van der Waals surface area contributed by atoms with Gasteiger partial charge in [0.05, 0.1) is 0 Å². The fourth-order valence-corrected chi connectivity index (χ4v) is 2.80. The van der Waals surface area contributed by atoms with Crippen molar-refractivity contribution in [2.45, 2.75) is 31.2 Å². The maximum Gasteiger partial charge on any atom is 0.334 e. The number of carbonyl (C=O) groups excluding carboxylic acids is 1. The van der Waals surface area contributed by atoms with Crippen molar-refractivity contribution in [3.8, 4) is 0 Å². The summed E-state index contributed by atoms with van der Waals surface area (Å²) in [5.74, 6) is -0.952. The number of amides is 1. The Morgan fingerprint density at radius 2 is 2.11 bits per heavy atom. The Bertz CT molecular complexity index is 472. The molecule has 0 saturated heterocycles. The summed E-state index contributed by atoms with van der Waals surface area (Å²) >= 11 is 0. The van der Waals surface area contributed by atoms with E-state index in [9.17, 15) is 14.7 Å². The predicted molar refractivity (Wildman–Crippen MR) is 67.1 cm³/mol. The smallest absolute Gasteiger partial charge is 0.334 e. The van der Waals surface area contributed by atoms with Crippen molar-refractivity contribution in [3.05, 3.63) is 35.4 Å². The molecule has 0 spiro atoms. The molecular formula is C14H17NO3. The summed E-state index contributed by atoms with van der Waals surface area (Å²) in [6, 6.07) is 7.53. The third-order valence-electron chi connectivity index (χ3n) is 3.81. The molecule has 0 bridgehead atoms. The predicted octanol–water partition coefficient (Wildman–Crippen LogP) is 1.78. The highest BCUT2D eigenvalue weighted by molar-refractivity contribution is 5.84. The van der Waals surface area contributed by atoms with Gasteiger partial charge in [-0.25, -0.2) is 4.79 Å². The van der Waals surface area contributed by atoms with Gasteiger partial charge in [-0.3, -0.25) is 4.79 Å². The van der Waals surface area contributed by atoms with E-state index in [4.69, 9.17) is 0 Å². The van der Waals surface area contributed by atoms with Crippen molar-refractivity contribution in [2.75, 3.05) is 7.05 Å². The summed E-state index contributed by atoms with van der Waals surface area (Å²) < 4.78 is 0. The third kappa shape index (κ3) is 1.78. The van der Waals surface area contributed by atoms with Crippen LogP contribution in [0.1, 0.15) is 30.4 Å². The monoisotopic (exact) mass is 247 g/mol. The third-order valence-corrected chi connectivity index (χ3v) is 3.81. The Hall–Kier alpha value is -1.84. The highest BCUT2D eigenvalue weighted by Crippen LogP contribution is 2.38. The summed E-state index contributed by atoms with van der Waals surface area (Å²) in [4.78, 5) is 24.2. The second-order valence-corrected chi connectivity index (χ2v) is 4.75. The van der Waals surface area contributed by atoms with Crippen molar-refractivity contribution < 1.29 is 14.7 Å². The topological polar surface area (TPSA) is 57.6 Å². The van der Waals surface area contributed by atoms with Crippen molar-refractivity contribution in [1.82, 2.24) is 4.90 Å². The molecule has 0 radical (unpaired) electrons. The maximum atomic E-state index is 11.8. The molecular weight excluding hydrogens is 230 g/mol. The lowest BCUT2D eigenvalue weighted by molar-refractivity contribution is -0.155. The largest absolute Gasteiger partial charge is 0.479 e. The van der Waals surface area contributed by atoms with Crippen molar-refractivity contribution >= 4 is 12.4 Å². The molecule has 18 heavy (non-hydrogen) atoms. The van der Waals surface area contributed by atoms with Gasteiger partial charge in [0.1, 0.15) is 0 Å². The Balaban J connectivity index is 2.65. The van der Waals surface area contributed by atoms with E-state index in [0.717, 1.165) is 30.4 Å². The molecule has 1 aromatic rings. The summed E-state index contributed by atoms with van der Waals surface area (Å²) in [6.45, 7) is 0. The first-order chi connectivity index (χ1) is 8.63. The van der Waals surface area contributed by atoms with E-state index in [0.29, 0.717) is 12.8 Å². The zero-order chi connectivity index (χ0) is 13.2. The molecule has 0 fully saturated rings. The van der Waals surface area contributed by atoms with Crippen LogP contribution >= 0.6 is 0 Å². The minimum absolute atomic E-state index is 0.467. The van der Waals surface area contributed by atoms with Gasteiger partial charge in [-0.2, -0.15) is 0 Å². The van der Waals surface area contributed by atoms with Crippen LogP contribution in [0.2, 0.25) is 0 Å². The normalized spacial score (nSPS) is 22.7. The first-order valence-corrected chi connectivity index (χ1v) is 6.13. The molecule has 2 rings (SSSR count). The lowest BCUT2D eigenvalue weighted by Crippen LogP contribution is -2.49. The second-order valence-electron chi connectivity index (χ2n) is 4.75. The van der Waals surface area contributed by atoms with E-state index in [2.05, 4.69) is 0 Å². The van der Waals surface area contributed by atoms with Gasteiger partial charge in [0.2, 0.25) is 6.41 Å². The zero-order valence-corrected chi connectivity index (χ0v) is 10.4. The Labute approximate surface area is 106 Å². The molecule has 1 unspecified atom stereocenters. The van der Waals surface area contributed by atoms with Crippen molar-refractivity contribution in [2.24, 2.45) is 0 Å². The van der Waals surface area contributed by atoms with Crippen LogP contribution in [0.25, 0.3) is 0 Å². The number of carbonyl (C=O) groups is 2. The van der Waals surface area contributed by atoms with Crippen LogP contribution in [0.5, 0.6) is 0 Å². The molecule has 1 amide bonds. The minimum Gasteiger partial charge on any atom is -0.479 e. The molecule has 0 aromatic heterocycles. The highest BCUT2D eigenvalue weighted by Gasteiger charge is 2.45. The second kappa shape index (κ2) is 4.80. The first kappa shape index (κ1) is 12.6. The lowest BCUT2D eigenvalue weighted by atomic mass is 9.83. The molecule has 1 N–H and O–H groups in total. The molecule has 0 heterocycles. The number of likely N-dealkylation sites (N-methyl/N-ethyl adjacent to an activating group) is 1. The van der Waals surface area contributed by atoms with Crippen LogP contribution in [0.15, 0.2) is 24.3 Å². The molecule has 4 heteroatoms. The van der Waals surface area contributed by atoms with E-state index in [1.807, 2.05) is 24.3 Å². The number of carboxylic acid groups (broad SMARTS) is 1. The number of rotatable bonds is 3. The van der Waals surface area contributed by atoms with Gasteiger partial charge in [0.25, 0.3) is 0 Å². The molecule has 1 aliphatic carbocycles. The number of aryl methyl sites for hydroxylation is 1. The van der Waals surface area contributed by atoms with Gasteiger partial charge in [-0.15, -0.1) is 0 Å². The maximum absolute atomic E-state index is 11.8. The minimum atomic E-state index is -1.21. The average molecular weight is 247 g/mol. The number of nitrogens with zero attached hydrogens (tertiary/aromatic N) is 1. The molecule has 96 valence electrons. The SMILES string of the molecule is CN(C=O)C1(C(=O)O)CCCCc2ccccc21. The Morgan fingerprint density at radius 3 is 2.78 bits per heavy atom. The van der Waals surface area contributed by atoms with Gasteiger partial charge >= 0.3 is 5.97 Å².